The molecule has 0 spiro atoms. The molecule has 0 saturated heterocycles. The highest BCUT2D eigenvalue weighted by atomic mass is 35.5. The summed E-state index contributed by atoms with van der Waals surface area (Å²) >= 11 is 0. The van der Waals surface area contributed by atoms with Crippen LogP contribution in [0.4, 0.5) is 0 Å². The molecule has 0 atom stereocenters. The molecule has 2 heteroatoms. The Balaban J connectivity index is 0. The van der Waals surface area contributed by atoms with Crippen LogP contribution in [0.3, 0.4) is 0 Å². The normalized spacial score (nSPS) is 10.4. The fraction of sp³-hybridized carbons (Fsp3) is 1.00. The van der Waals surface area contributed by atoms with Gasteiger partial charge in [-0.05, 0) is 26.6 Å². The molecule has 0 rings (SSSR count). The third kappa shape index (κ3) is 14.2. The van der Waals surface area contributed by atoms with Crippen molar-refractivity contribution in [3.63, 3.8) is 0 Å². The minimum Gasteiger partial charge on any atom is -0.307 e. The van der Waals surface area contributed by atoms with Crippen molar-refractivity contribution < 1.29 is 0 Å². The number of halogens is 1. The Morgan fingerprint density at radius 1 is 0.733 bits per heavy atom. The zero-order valence-electron chi connectivity index (χ0n) is 10.9. The van der Waals surface area contributed by atoms with Crippen molar-refractivity contribution in [1.82, 2.24) is 4.90 Å². The highest BCUT2D eigenvalue weighted by Gasteiger charge is 1.94. The fourth-order valence-corrected chi connectivity index (χ4v) is 1.67. The Morgan fingerprint density at radius 3 is 1.67 bits per heavy atom. The minimum absolute atomic E-state index is 0. The van der Waals surface area contributed by atoms with Gasteiger partial charge in [0, 0.05) is 0 Å². The van der Waals surface area contributed by atoms with E-state index in [9.17, 15) is 0 Å². The lowest BCUT2D eigenvalue weighted by Crippen LogP contribution is -2.18. The van der Waals surface area contributed by atoms with Crippen LogP contribution in [0, 0.1) is 0 Å². The van der Waals surface area contributed by atoms with Crippen LogP contribution in [0.15, 0.2) is 0 Å². The molecule has 0 aliphatic rings. The molecule has 0 aromatic rings. The molecule has 15 heavy (non-hydrogen) atoms. The maximum absolute atomic E-state index is 2.40. The lowest BCUT2D eigenvalue weighted by Gasteiger charge is -2.12. The topological polar surface area (TPSA) is 3.24 Å². The van der Waals surface area contributed by atoms with Gasteiger partial charge in [0.25, 0.3) is 0 Å². The smallest absolute Gasteiger partial charge is 0.00219 e. The van der Waals surface area contributed by atoms with E-state index in [1.165, 1.54) is 64.5 Å². The second-order valence-corrected chi connectivity index (χ2v) is 4.37. The van der Waals surface area contributed by atoms with E-state index >= 15 is 0 Å². The third-order valence-corrected chi connectivity index (χ3v) is 2.93. The summed E-state index contributed by atoms with van der Waals surface area (Å²) in [6.45, 7) is 6.98. The highest BCUT2D eigenvalue weighted by molar-refractivity contribution is 5.85. The molecule has 0 saturated carbocycles. The molecule has 1 nitrogen and oxygen atoms in total. The van der Waals surface area contributed by atoms with Crippen molar-refractivity contribution >= 4 is 12.4 Å². The lowest BCUT2D eigenvalue weighted by atomic mass is 10.1. The van der Waals surface area contributed by atoms with Crippen LogP contribution < -0.4 is 0 Å². The summed E-state index contributed by atoms with van der Waals surface area (Å²) in [4.78, 5) is 2.40. The Bertz CT molecular complexity index is 107. The van der Waals surface area contributed by atoms with Gasteiger partial charge in [-0.3, -0.25) is 0 Å². The lowest BCUT2D eigenvalue weighted by molar-refractivity contribution is 0.340. The summed E-state index contributed by atoms with van der Waals surface area (Å²) in [6.07, 6.45) is 11.4. The van der Waals surface area contributed by atoms with E-state index in [1.807, 2.05) is 0 Å². The van der Waals surface area contributed by atoms with E-state index in [0.29, 0.717) is 0 Å². The van der Waals surface area contributed by atoms with Crippen LogP contribution in [-0.4, -0.2) is 25.0 Å². The molecule has 0 aliphatic carbocycles. The summed E-state index contributed by atoms with van der Waals surface area (Å²) in [5, 5.41) is 0. The Kier molecular flexibility index (Phi) is 16.8. The first-order valence-corrected chi connectivity index (χ1v) is 6.49. The van der Waals surface area contributed by atoms with E-state index in [4.69, 9.17) is 0 Å². The predicted molar refractivity (Wildman–Crippen MR) is 73.0 cm³/mol. The zero-order valence-corrected chi connectivity index (χ0v) is 11.7. The average molecular weight is 236 g/mol. The molecular weight excluding hydrogens is 206 g/mol. The van der Waals surface area contributed by atoms with Gasteiger partial charge in [0.2, 0.25) is 0 Å². The standard InChI is InChI=1S/C13H29N.ClH/c1-4-6-7-8-9-10-11-12-13-14(3)5-2;/h4-13H2,1-3H3;1H. The maximum atomic E-state index is 2.40. The third-order valence-electron chi connectivity index (χ3n) is 2.93. The Morgan fingerprint density at radius 2 is 1.20 bits per heavy atom. The first kappa shape index (κ1) is 17.6. The van der Waals surface area contributed by atoms with Gasteiger partial charge in [0.1, 0.15) is 0 Å². The van der Waals surface area contributed by atoms with Gasteiger partial charge in [0.15, 0.2) is 0 Å². The highest BCUT2D eigenvalue weighted by Crippen LogP contribution is 2.08. The summed E-state index contributed by atoms with van der Waals surface area (Å²) in [5.41, 5.74) is 0. The molecule has 0 amide bonds. The van der Waals surface area contributed by atoms with Crippen molar-refractivity contribution in [1.29, 1.82) is 0 Å². The van der Waals surface area contributed by atoms with Gasteiger partial charge in [-0.2, -0.15) is 0 Å². The van der Waals surface area contributed by atoms with E-state index < -0.39 is 0 Å². The minimum atomic E-state index is 0. The summed E-state index contributed by atoms with van der Waals surface area (Å²) in [6, 6.07) is 0. The zero-order chi connectivity index (χ0) is 10.6. The van der Waals surface area contributed by atoms with E-state index in [1.54, 1.807) is 0 Å². The Labute approximate surface area is 103 Å². The quantitative estimate of drug-likeness (QED) is 0.504. The van der Waals surface area contributed by atoms with Crippen molar-refractivity contribution in [2.75, 3.05) is 20.1 Å². The molecule has 0 radical (unpaired) electrons. The summed E-state index contributed by atoms with van der Waals surface area (Å²) in [7, 11) is 2.21. The van der Waals surface area contributed by atoms with E-state index in [0.717, 1.165) is 0 Å². The van der Waals surface area contributed by atoms with Crippen molar-refractivity contribution in [3.8, 4) is 0 Å². The van der Waals surface area contributed by atoms with Gasteiger partial charge in [-0.25, -0.2) is 0 Å². The molecular formula is C13H30ClN. The van der Waals surface area contributed by atoms with Crippen molar-refractivity contribution in [2.45, 2.75) is 65.2 Å². The second-order valence-electron chi connectivity index (χ2n) is 4.37. The SMILES string of the molecule is CCCCCCCCCCN(C)CC.Cl. The molecule has 0 aliphatic heterocycles. The molecule has 0 fully saturated rings. The largest absolute Gasteiger partial charge is 0.307 e. The van der Waals surface area contributed by atoms with Crippen LogP contribution in [-0.2, 0) is 0 Å². The van der Waals surface area contributed by atoms with E-state index in [2.05, 4.69) is 25.8 Å². The molecule has 0 aromatic heterocycles. The monoisotopic (exact) mass is 235 g/mol. The molecule has 0 bridgehead atoms. The number of hydrogen-bond acceptors (Lipinski definition) is 1. The van der Waals surface area contributed by atoms with Gasteiger partial charge >= 0.3 is 0 Å². The number of unbranched alkanes of at least 4 members (excludes halogenated alkanes) is 7. The van der Waals surface area contributed by atoms with E-state index in [-0.39, 0.29) is 12.4 Å². The van der Waals surface area contributed by atoms with Crippen LogP contribution >= 0.6 is 12.4 Å². The van der Waals surface area contributed by atoms with Crippen molar-refractivity contribution in [3.05, 3.63) is 0 Å². The molecule has 0 heterocycles. The first-order chi connectivity index (χ1) is 6.81. The van der Waals surface area contributed by atoms with Gasteiger partial charge < -0.3 is 4.90 Å². The number of hydrogen-bond donors (Lipinski definition) is 0. The average Bonchev–Trinajstić information content (AvgIpc) is 2.21. The van der Waals surface area contributed by atoms with Gasteiger partial charge in [-0.15, -0.1) is 12.4 Å². The number of nitrogens with zero attached hydrogens (tertiary/aromatic N) is 1. The molecule has 94 valence electrons. The summed E-state index contributed by atoms with van der Waals surface area (Å²) < 4.78 is 0. The van der Waals surface area contributed by atoms with Crippen molar-refractivity contribution in [2.24, 2.45) is 0 Å². The van der Waals surface area contributed by atoms with Gasteiger partial charge in [0.05, 0.1) is 0 Å². The first-order valence-electron chi connectivity index (χ1n) is 6.49. The summed E-state index contributed by atoms with van der Waals surface area (Å²) in [5.74, 6) is 0. The number of rotatable bonds is 10. The van der Waals surface area contributed by atoms with Crippen LogP contribution in [0.1, 0.15) is 65.2 Å². The molecule has 0 unspecified atom stereocenters. The van der Waals surface area contributed by atoms with Crippen LogP contribution in [0.25, 0.3) is 0 Å². The van der Waals surface area contributed by atoms with Crippen LogP contribution in [0.2, 0.25) is 0 Å². The van der Waals surface area contributed by atoms with Gasteiger partial charge in [-0.1, -0.05) is 58.8 Å². The predicted octanol–water partition coefficient (Wildman–Crippen LogP) is 4.50. The fourth-order valence-electron chi connectivity index (χ4n) is 1.67. The van der Waals surface area contributed by atoms with Crippen LogP contribution in [0.5, 0.6) is 0 Å². The maximum Gasteiger partial charge on any atom is -0.00219 e. The molecule has 0 N–H and O–H groups in total. The molecule has 0 aromatic carbocycles. The second kappa shape index (κ2) is 14.2. The Hall–Kier alpha value is 0.250.